The van der Waals surface area contributed by atoms with Crippen LogP contribution in [0.5, 0.6) is 0 Å². The van der Waals surface area contributed by atoms with Crippen LogP contribution in [0.25, 0.3) is 0 Å². The Kier molecular flexibility index (Phi) is 3.72. The van der Waals surface area contributed by atoms with Gasteiger partial charge in [0.15, 0.2) is 0 Å². The first-order chi connectivity index (χ1) is 5.77. The molecule has 0 unspecified atom stereocenters. The summed E-state index contributed by atoms with van der Waals surface area (Å²) in [5.41, 5.74) is 0.953. The summed E-state index contributed by atoms with van der Waals surface area (Å²) in [7, 11) is 0. The Morgan fingerprint density at radius 2 is 1.92 bits per heavy atom. The molecule has 1 rings (SSSR count). The van der Waals surface area contributed by atoms with Gasteiger partial charge in [-0.1, -0.05) is 28.1 Å². The van der Waals surface area contributed by atoms with Gasteiger partial charge in [-0.15, -0.1) is 0 Å². The van der Waals surface area contributed by atoms with Gasteiger partial charge in [-0.3, -0.25) is 0 Å². The van der Waals surface area contributed by atoms with E-state index in [1.54, 1.807) is 0 Å². The SMILES string of the molecule is OCC(CO)c1cccc(Br)c1. The number of halogens is 1. The third kappa shape index (κ3) is 2.30. The lowest BCUT2D eigenvalue weighted by molar-refractivity contribution is 0.192. The third-order valence-electron chi connectivity index (χ3n) is 1.76. The molecule has 2 nitrogen and oxygen atoms in total. The van der Waals surface area contributed by atoms with Crippen LogP contribution in [0.4, 0.5) is 0 Å². The molecule has 0 radical (unpaired) electrons. The fourth-order valence-corrected chi connectivity index (χ4v) is 1.45. The van der Waals surface area contributed by atoms with Crippen LogP contribution in [0.15, 0.2) is 28.7 Å². The zero-order valence-corrected chi connectivity index (χ0v) is 8.16. The molecule has 0 aliphatic carbocycles. The molecule has 0 fully saturated rings. The molecule has 1 aromatic carbocycles. The molecule has 66 valence electrons. The van der Waals surface area contributed by atoms with Crippen molar-refractivity contribution in [1.29, 1.82) is 0 Å². The maximum atomic E-state index is 8.90. The van der Waals surface area contributed by atoms with Crippen LogP contribution in [0.3, 0.4) is 0 Å². The summed E-state index contributed by atoms with van der Waals surface area (Å²) in [4.78, 5) is 0. The molecule has 0 bridgehead atoms. The summed E-state index contributed by atoms with van der Waals surface area (Å²) < 4.78 is 0.965. The van der Waals surface area contributed by atoms with Crippen LogP contribution >= 0.6 is 15.9 Å². The minimum atomic E-state index is -0.164. The van der Waals surface area contributed by atoms with Crippen molar-refractivity contribution in [2.45, 2.75) is 5.92 Å². The first kappa shape index (κ1) is 9.71. The average molecular weight is 231 g/mol. The van der Waals surface area contributed by atoms with Crippen LogP contribution in [0.2, 0.25) is 0 Å². The van der Waals surface area contributed by atoms with E-state index < -0.39 is 0 Å². The second kappa shape index (κ2) is 4.60. The highest BCUT2D eigenvalue weighted by Gasteiger charge is 2.08. The lowest BCUT2D eigenvalue weighted by Crippen LogP contribution is -2.08. The number of benzene rings is 1. The van der Waals surface area contributed by atoms with Crippen molar-refractivity contribution in [2.75, 3.05) is 13.2 Å². The smallest absolute Gasteiger partial charge is 0.0521 e. The summed E-state index contributed by atoms with van der Waals surface area (Å²) in [5, 5.41) is 17.8. The average Bonchev–Trinajstić information content (AvgIpc) is 2.07. The van der Waals surface area contributed by atoms with Gasteiger partial charge in [0.2, 0.25) is 0 Å². The maximum absolute atomic E-state index is 8.90. The topological polar surface area (TPSA) is 40.5 Å². The fourth-order valence-electron chi connectivity index (χ4n) is 1.03. The molecule has 12 heavy (non-hydrogen) atoms. The van der Waals surface area contributed by atoms with E-state index in [0.29, 0.717) is 0 Å². The molecular weight excluding hydrogens is 220 g/mol. The van der Waals surface area contributed by atoms with Crippen molar-refractivity contribution in [3.63, 3.8) is 0 Å². The molecule has 1 aromatic rings. The van der Waals surface area contributed by atoms with E-state index in [2.05, 4.69) is 15.9 Å². The Morgan fingerprint density at radius 3 is 2.42 bits per heavy atom. The molecule has 0 aliphatic heterocycles. The Balaban J connectivity index is 2.85. The van der Waals surface area contributed by atoms with E-state index in [9.17, 15) is 0 Å². The standard InChI is InChI=1S/C9H11BrO2/c10-9-3-1-2-7(4-9)8(5-11)6-12/h1-4,8,11-12H,5-6H2. The molecule has 2 N–H and O–H groups in total. The minimum Gasteiger partial charge on any atom is -0.396 e. The second-order valence-corrected chi connectivity index (χ2v) is 3.53. The Labute approximate surface area is 80.0 Å². The number of hydrogen-bond donors (Lipinski definition) is 2. The summed E-state index contributed by atoms with van der Waals surface area (Å²) >= 11 is 3.33. The van der Waals surface area contributed by atoms with E-state index in [1.165, 1.54) is 0 Å². The molecule has 0 heterocycles. The minimum absolute atomic E-state index is 0.0209. The van der Waals surface area contributed by atoms with Gasteiger partial charge in [0.05, 0.1) is 13.2 Å². The zero-order chi connectivity index (χ0) is 8.97. The van der Waals surface area contributed by atoms with Gasteiger partial charge >= 0.3 is 0 Å². The first-order valence-corrected chi connectivity index (χ1v) is 4.54. The number of aliphatic hydroxyl groups excluding tert-OH is 2. The van der Waals surface area contributed by atoms with Crippen LogP contribution < -0.4 is 0 Å². The molecule has 0 atom stereocenters. The van der Waals surface area contributed by atoms with Crippen molar-refractivity contribution in [3.05, 3.63) is 34.3 Å². The Morgan fingerprint density at radius 1 is 1.25 bits per heavy atom. The molecule has 0 aliphatic rings. The Hall–Kier alpha value is -0.380. The molecule has 0 amide bonds. The zero-order valence-electron chi connectivity index (χ0n) is 6.57. The van der Waals surface area contributed by atoms with Crippen LogP contribution in [0, 0.1) is 0 Å². The summed E-state index contributed by atoms with van der Waals surface area (Å²) in [6.45, 7) is -0.0418. The van der Waals surface area contributed by atoms with Crippen LogP contribution in [-0.2, 0) is 0 Å². The van der Waals surface area contributed by atoms with E-state index in [-0.39, 0.29) is 19.1 Å². The van der Waals surface area contributed by atoms with Gasteiger partial charge in [0, 0.05) is 10.4 Å². The van der Waals surface area contributed by atoms with Gasteiger partial charge in [-0.05, 0) is 17.7 Å². The molecular formula is C9H11BrO2. The number of aliphatic hydroxyl groups is 2. The van der Waals surface area contributed by atoms with Gasteiger partial charge in [0.1, 0.15) is 0 Å². The van der Waals surface area contributed by atoms with Crippen molar-refractivity contribution >= 4 is 15.9 Å². The number of rotatable bonds is 3. The molecule has 0 aromatic heterocycles. The van der Waals surface area contributed by atoms with E-state index in [1.807, 2.05) is 24.3 Å². The summed E-state index contributed by atoms with van der Waals surface area (Å²) in [6, 6.07) is 7.59. The fraction of sp³-hybridized carbons (Fsp3) is 0.333. The normalized spacial score (nSPS) is 10.7. The maximum Gasteiger partial charge on any atom is 0.0521 e. The Bertz CT molecular complexity index is 246. The highest BCUT2D eigenvalue weighted by atomic mass is 79.9. The first-order valence-electron chi connectivity index (χ1n) is 3.75. The molecule has 0 spiro atoms. The molecule has 0 saturated carbocycles. The highest BCUT2D eigenvalue weighted by Crippen LogP contribution is 2.18. The van der Waals surface area contributed by atoms with Crippen LogP contribution in [-0.4, -0.2) is 23.4 Å². The summed E-state index contributed by atoms with van der Waals surface area (Å²) in [6.07, 6.45) is 0. The van der Waals surface area contributed by atoms with Crippen molar-refractivity contribution in [3.8, 4) is 0 Å². The quantitative estimate of drug-likeness (QED) is 0.827. The van der Waals surface area contributed by atoms with Crippen LogP contribution in [0.1, 0.15) is 11.5 Å². The largest absolute Gasteiger partial charge is 0.396 e. The predicted molar refractivity (Wildman–Crippen MR) is 51.1 cm³/mol. The lowest BCUT2D eigenvalue weighted by atomic mass is 10.0. The highest BCUT2D eigenvalue weighted by molar-refractivity contribution is 9.10. The monoisotopic (exact) mass is 230 g/mol. The molecule has 0 saturated heterocycles. The van der Waals surface area contributed by atoms with E-state index in [0.717, 1.165) is 10.0 Å². The number of hydrogen-bond acceptors (Lipinski definition) is 2. The van der Waals surface area contributed by atoms with E-state index in [4.69, 9.17) is 10.2 Å². The summed E-state index contributed by atoms with van der Waals surface area (Å²) in [5.74, 6) is -0.164. The van der Waals surface area contributed by atoms with Crippen molar-refractivity contribution < 1.29 is 10.2 Å². The van der Waals surface area contributed by atoms with Gasteiger partial charge in [-0.2, -0.15) is 0 Å². The van der Waals surface area contributed by atoms with E-state index >= 15 is 0 Å². The van der Waals surface area contributed by atoms with Crippen molar-refractivity contribution in [1.82, 2.24) is 0 Å². The van der Waals surface area contributed by atoms with Gasteiger partial charge < -0.3 is 10.2 Å². The second-order valence-electron chi connectivity index (χ2n) is 2.62. The van der Waals surface area contributed by atoms with Crippen molar-refractivity contribution in [2.24, 2.45) is 0 Å². The van der Waals surface area contributed by atoms with Gasteiger partial charge in [0.25, 0.3) is 0 Å². The predicted octanol–water partition coefficient (Wildman–Crippen LogP) is 1.52. The third-order valence-corrected chi connectivity index (χ3v) is 2.25. The molecule has 3 heteroatoms. The van der Waals surface area contributed by atoms with Gasteiger partial charge in [-0.25, -0.2) is 0 Å². The lowest BCUT2D eigenvalue weighted by Gasteiger charge is -2.10.